The Bertz CT molecular complexity index is 108. The van der Waals surface area contributed by atoms with Gasteiger partial charge >= 0.3 is 0 Å². The quantitative estimate of drug-likeness (QED) is 0.192. The molecule has 186 valence electrons. The Morgan fingerprint density at radius 2 is 0.367 bits per heavy atom. The van der Waals surface area contributed by atoms with Gasteiger partial charge in [-0.2, -0.15) is 0 Å². The summed E-state index contributed by atoms with van der Waals surface area (Å²) in [5.74, 6) is 0. The van der Waals surface area contributed by atoms with E-state index in [9.17, 15) is 0 Å². The van der Waals surface area contributed by atoms with E-state index in [-0.39, 0.29) is 47.8 Å². The predicted octanol–water partition coefficient (Wildman–Crippen LogP) is 11.4. The molecule has 0 saturated heterocycles. The average Bonchev–Trinajstić information content (AvgIpc) is 2.79. The molecule has 0 heterocycles. The van der Waals surface area contributed by atoms with Crippen LogP contribution in [0, 0.1) is 0 Å². The van der Waals surface area contributed by atoms with Gasteiger partial charge in [0.25, 0.3) is 0 Å². The molecule has 0 spiro atoms. The van der Waals surface area contributed by atoms with Gasteiger partial charge in [-0.05, 0) is 0 Å². The third-order valence-electron chi connectivity index (χ3n) is 3.17. The van der Waals surface area contributed by atoms with Crippen molar-refractivity contribution in [2.24, 2.45) is 0 Å². The van der Waals surface area contributed by atoms with Gasteiger partial charge in [0.05, 0.1) is 0 Å². The largest absolute Gasteiger partial charge is 0.0991 e. The first-order valence-electron chi connectivity index (χ1n) is 12.6. The molecule has 2 heteroatoms. The van der Waals surface area contributed by atoms with Crippen molar-refractivity contribution in [2.75, 3.05) is 0 Å². The summed E-state index contributed by atoms with van der Waals surface area (Å²) in [5, 5.41) is 0. The normalized spacial score (nSPS) is 6.67. The SMILES string of the molecule is C=CC=C.CCCC.CCCC.CCCC.CCCC.CCCC.CCCC.[Sn].[Sn]. The van der Waals surface area contributed by atoms with Gasteiger partial charge in [0.15, 0.2) is 0 Å². The predicted molar refractivity (Wildman–Crippen MR) is 155 cm³/mol. The van der Waals surface area contributed by atoms with Crippen molar-refractivity contribution in [1.29, 1.82) is 0 Å². The molecule has 8 radical (unpaired) electrons. The fraction of sp³-hybridized carbons (Fsp3) is 0.857. The van der Waals surface area contributed by atoms with E-state index in [2.05, 4.69) is 96.2 Å². The number of hydrogen-bond donors (Lipinski definition) is 0. The summed E-state index contributed by atoms with van der Waals surface area (Å²) in [4.78, 5) is 0. The number of hydrogen-bond acceptors (Lipinski definition) is 0. The van der Waals surface area contributed by atoms with Crippen LogP contribution in [-0.4, -0.2) is 47.8 Å². The van der Waals surface area contributed by atoms with Crippen molar-refractivity contribution < 1.29 is 0 Å². The van der Waals surface area contributed by atoms with Crippen LogP contribution in [-0.2, 0) is 0 Å². The van der Waals surface area contributed by atoms with Crippen LogP contribution >= 0.6 is 0 Å². The van der Waals surface area contributed by atoms with Gasteiger partial charge in [-0.25, -0.2) is 0 Å². The number of allylic oxidation sites excluding steroid dienone is 2. The van der Waals surface area contributed by atoms with Crippen molar-refractivity contribution in [1.82, 2.24) is 0 Å². The Balaban J connectivity index is -0.0000000242. The third kappa shape index (κ3) is 351. The average molecular weight is 640 g/mol. The summed E-state index contributed by atoms with van der Waals surface area (Å²) in [6, 6.07) is 0. The van der Waals surface area contributed by atoms with Crippen molar-refractivity contribution >= 4 is 47.8 Å². The molecule has 0 fully saturated rings. The minimum atomic E-state index is 0. The maximum absolute atomic E-state index is 3.36. The van der Waals surface area contributed by atoms with E-state index in [4.69, 9.17) is 0 Å². The number of rotatable bonds is 7. The van der Waals surface area contributed by atoms with E-state index in [1.807, 2.05) is 0 Å². The summed E-state index contributed by atoms with van der Waals surface area (Å²) in [7, 11) is 0. The Kier molecular flexibility index (Phi) is 215. The zero-order valence-electron chi connectivity index (χ0n) is 24.1. The van der Waals surface area contributed by atoms with E-state index in [0.29, 0.717) is 0 Å². The zero-order valence-corrected chi connectivity index (χ0v) is 29.8. The first-order valence-corrected chi connectivity index (χ1v) is 12.6. The molecule has 30 heavy (non-hydrogen) atoms. The van der Waals surface area contributed by atoms with Gasteiger partial charge in [0.1, 0.15) is 0 Å². The van der Waals surface area contributed by atoms with Crippen LogP contribution in [0.4, 0.5) is 0 Å². The Morgan fingerprint density at radius 3 is 0.367 bits per heavy atom. The van der Waals surface area contributed by atoms with Crippen molar-refractivity contribution in [3.8, 4) is 0 Å². The second kappa shape index (κ2) is 112. The van der Waals surface area contributed by atoms with Crippen LogP contribution in [0.5, 0.6) is 0 Å². The molecule has 0 N–H and O–H groups in total. The smallest absolute Gasteiger partial charge is 0 e. The second-order valence-corrected chi connectivity index (χ2v) is 6.47. The van der Waals surface area contributed by atoms with E-state index >= 15 is 0 Å². The standard InChI is InChI=1S/6C4H10.C4H6.2Sn/c7*1-3-4-2;;/h6*3-4H2,1-2H3;3-4H,1-2H2;;. The van der Waals surface area contributed by atoms with Crippen LogP contribution < -0.4 is 0 Å². The van der Waals surface area contributed by atoms with Gasteiger partial charge in [-0.3, -0.25) is 0 Å². The fourth-order valence-corrected chi connectivity index (χ4v) is 0. The minimum absolute atomic E-state index is 0. The number of unbranched alkanes of at least 4 members (excludes halogenated alkanes) is 6. The van der Waals surface area contributed by atoms with E-state index in [1.165, 1.54) is 77.0 Å². The summed E-state index contributed by atoms with van der Waals surface area (Å²) in [6.45, 7) is 32.9. The molecule has 0 unspecified atom stereocenters. The van der Waals surface area contributed by atoms with Crippen LogP contribution in [0.3, 0.4) is 0 Å². The summed E-state index contributed by atoms with van der Waals surface area (Å²) >= 11 is 0. The van der Waals surface area contributed by atoms with Crippen LogP contribution in [0.2, 0.25) is 0 Å². The van der Waals surface area contributed by atoms with Gasteiger partial charge in [0.2, 0.25) is 0 Å². The Morgan fingerprint density at radius 1 is 0.300 bits per heavy atom. The van der Waals surface area contributed by atoms with Crippen molar-refractivity contribution in [3.63, 3.8) is 0 Å². The van der Waals surface area contributed by atoms with Gasteiger partial charge in [0, 0.05) is 47.8 Å². The van der Waals surface area contributed by atoms with Crippen molar-refractivity contribution in [3.05, 3.63) is 25.3 Å². The maximum Gasteiger partial charge on any atom is 0 e. The molecule has 0 amide bonds. The summed E-state index contributed by atoms with van der Waals surface area (Å²) in [6.07, 6.45) is 19.1. The molecule has 0 aromatic carbocycles. The van der Waals surface area contributed by atoms with Crippen LogP contribution in [0.1, 0.15) is 160 Å². The third-order valence-corrected chi connectivity index (χ3v) is 3.17. The van der Waals surface area contributed by atoms with E-state index in [0.717, 1.165) is 0 Å². The first kappa shape index (κ1) is 57.7. The van der Waals surface area contributed by atoms with Crippen LogP contribution in [0.15, 0.2) is 25.3 Å². The molecule has 0 bridgehead atoms. The molecule has 0 aliphatic rings. The molecule has 0 aromatic heterocycles. The van der Waals surface area contributed by atoms with Crippen molar-refractivity contribution in [2.45, 2.75) is 160 Å². The fourth-order valence-electron chi connectivity index (χ4n) is 0. The van der Waals surface area contributed by atoms with Gasteiger partial charge in [-0.1, -0.05) is 185 Å². The molecular formula is C28H66Sn2. The molecule has 0 rings (SSSR count). The Labute approximate surface area is 231 Å². The van der Waals surface area contributed by atoms with Gasteiger partial charge < -0.3 is 0 Å². The summed E-state index contributed by atoms with van der Waals surface area (Å²) < 4.78 is 0. The Hall–Kier alpha value is 1.08. The second-order valence-electron chi connectivity index (χ2n) is 6.47. The van der Waals surface area contributed by atoms with E-state index < -0.39 is 0 Å². The van der Waals surface area contributed by atoms with E-state index in [1.54, 1.807) is 12.2 Å². The molecular weight excluding hydrogens is 574 g/mol. The molecule has 0 nitrogen and oxygen atoms in total. The topological polar surface area (TPSA) is 0 Å². The van der Waals surface area contributed by atoms with Crippen LogP contribution in [0.25, 0.3) is 0 Å². The zero-order chi connectivity index (χ0) is 23.9. The molecule has 0 aliphatic heterocycles. The monoisotopic (exact) mass is 642 g/mol. The molecule has 0 aliphatic carbocycles. The maximum atomic E-state index is 3.36. The minimum Gasteiger partial charge on any atom is -0.0991 e. The molecule has 0 aromatic rings. The molecule has 0 saturated carbocycles. The first-order chi connectivity index (χ1) is 13.4. The summed E-state index contributed by atoms with van der Waals surface area (Å²) in [5.41, 5.74) is 0. The van der Waals surface area contributed by atoms with Gasteiger partial charge in [-0.15, -0.1) is 0 Å². The molecule has 0 atom stereocenters.